The highest BCUT2D eigenvalue weighted by atomic mass is 16.6. The molecule has 2 aromatic rings. The van der Waals surface area contributed by atoms with Crippen LogP contribution in [0.4, 0.5) is 0 Å². The third-order valence-corrected chi connectivity index (χ3v) is 6.69. The van der Waals surface area contributed by atoms with E-state index in [2.05, 4.69) is 0 Å². The summed E-state index contributed by atoms with van der Waals surface area (Å²) in [6.45, 7) is 2.61. The van der Waals surface area contributed by atoms with Crippen molar-refractivity contribution in [3.05, 3.63) is 77.9 Å². The van der Waals surface area contributed by atoms with E-state index in [1.165, 1.54) is 0 Å². The van der Waals surface area contributed by atoms with E-state index in [-0.39, 0.29) is 24.5 Å². The van der Waals surface area contributed by atoms with Crippen molar-refractivity contribution in [2.75, 3.05) is 13.7 Å². The Labute approximate surface area is 181 Å². The lowest BCUT2D eigenvalue weighted by Crippen LogP contribution is -2.40. The molecule has 2 saturated heterocycles. The molecule has 2 aromatic carbocycles. The maximum Gasteiger partial charge on any atom is 0.313 e. The van der Waals surface area contributed by atoms with E-state index in [1.807, 2.05) is 78.6 Å². The number of amides is 1. The minimum absolute atomic E-state index is 0.0585. The molecule has 0 N–H and O–H groups in total. The number of hydrogen-bond donors (Lipinski definition) is 0. The summed E-state index contributed by atoms with van der Waals surface area (Å²) in [7, 11) is 1.62. The van der Waals surface area contributed by atoms with E-state index in [9.17, 15) is 9.59 Å². The van der Waals surface area contributed by atoms with Crippen molar-refractivity contribution in [1.29, 1.82) is 0 Å². The van der Waals surface area contributed by atoms with Crippen LogP contribution in [0.2, 0.25) is 0 Å². The van der Waals surface area contributed by atoms with Gasteiger partial charge in [-0.25, -0.2) is 0 Å². The van der Waals surface area contributed by atoms with E-state index in [0.717, 1.165) is 16.9 Å². The van der Waals surface area contributed by atoms with Gasteiger partial charge in [-0.15, -0.1) is 0 Å². The van der Waals surface area contributed by atoms with Crippen molar-refractivity contribution in [2.24, 2.45) is 11.8 Å². The summed E-state index contributed by atoms with van der Waals surface area (Å²) in [4.78, 5) is 28.3. The first-order valence-electron chi connectivity index (χ1n) is 10.5. The first-order valence-corrected chi connectivity index (χ1v) is 10.5. The number of benzene rings is 2. The van der Waals surface area contributed by atoms with Crippen molar-refractivity contribution in [3.8, 4) is 5.75 Å². The molecule has 6 nitrogen and oxygen atoms in total. The molecule has 3 heterocycles. The first kappa shape index (κ1) is 19.8. The summed E-state index contributed by atoms with van der Waals surface area (Å²) in [5.41, 5.74) is 1.17. The number of carbonyl (C=O) groups is 2. The second-order valence-corrected chi connectivity index (χ2v) is 8.41. The summed E-state index contributed by atoms with van der Waals surface area (Å²) in [6, 6.07) is 17.1. The topological polar surface area (TPSA) is 65.1 Å². The molecule has 0 aromatic heterocycles. The van der Waals surface area contributed by atoms with Gasteiger partial charge in [0, 0.05) is 0 Å². The Bertz CT molecular complexity index is 1020. The highest BCUT2D eigenvalue weighted by molar-refractivity contribution is 5.91. The SMILES string of the molecule is COc1ccc([C@H](C)N2C[C@]34C=C[C@@H](O3)[C@H](C(=O)OCc3ccccc3)[C@@H]4C2=O)cc1. The monoisotopic (exact) mass is 419 g/mol. The van der Waals surface area contributed by atoms with Gasteiger partial charge in [-0.1, -0.05) is 54.6 Å². The summed E-state index contributed by atoms with van der Waals surface area (Å²) in [5.74, 6) is -0.833. The zero-order valence-electron chi connectivity index (χ0n) is 17.6. The quantitative estimate of drug-likeness (QED) is 0.531. The molecule has 1 spiro atoms. The molecular formula is C25H25NO5. The number of rotatable bonds is 6. The molecule has 5 atom stereocenters. The van der Waals surface area contributed by atoms with E-state index in [0.29, 0.717) is 6.54 Å². The Balaban J connectivity index is 1.34. The number of carbonyl (C=O) groups excluding carboxylic acids is 2. The van der Waals surface area contributed by atoms with Crippen LogP contribution in [0.1, 0.15) is 24.1 Å². The smallest absolute Gasteiger partial charge is 0.313 e. The van der Waals surface area contributed by atoms with Crippen LogP contribution >= 0.6 is 0 Å². The predicted octanol–water partition coefficient (Wildman–Crippen LogP) is 3.28. The largest absolute Gasteiger partial charge is 0.497 e. The highest BCUT2D eigenvalue weighted by Gasteiger charge is 2.67. The molecule has 160 valence electrons. The molecule has 31 heavy (non-hydrogen) atoms. The Morgan fingerprint density at radius 1 is 1.19 bits per heavy atom. The zero-order chi connectivity index (χ0) is 21.6. The Morgan fingerprint density at radius 3 is 2.65 bits per heavy atom. The summed E-state index contributed by atoms with van der Waals surface area (Å²) in [6.07, 6.45) is 3.46. The Kier molecular flexibility index (Phi) is 4.82. The van der Waals surface area contributed by atoms with E-state index >= 15 is 0 Å². The molecule has 0 radical (unpaired) electrons. The van der Waals surface area contributed by atoms with Gasteiger partial charge >= 0.3 is 5.97 Å². The Hall–Kier alpha value is -3.12. The molecular weight excluding hydrogens is 394 g/mol. The summed E-state index contributed by atoms with van der Waals surface area (Å²) < 4.78 is 17.0. The van der Waals surface area contributed by atoms with Gasteiger partial charge in [0.1, 0.15) is 23.9 Å². The van der Waals surface area contributed by atoms with Gasteiger partial charge in [0.15, 0.2) is 0 Å². The fourth-order valence-corrected chi connectivity index (χ4v) is 5.01. The lowest BCUT2D eigenvalue weighted by molar-refractivity contribution is -0.155. The fourth-order valence-electron chi connectivity index (χ4n) is 5.01. The van der Waals surface area contributed by atoms with Crippen LogP contribution in [0.5, 0.6) is 5.75 Å². The van der Waals surface area contributed by atoms with E-state index < -0.39 is 23.5 Å². The lowest BCUT2D eigenvalue weighted by atomic mass is 9.77. The van der Waals surface area contributed by atoms with Gasteiger partial charge in [-0.05, 0) is 30.2 Å². The van der Waals surface area contributed by atoms with Crippen molar-refractivity contribution >= 4 is 11.9 Å². The Morgan fingerprint density at radius 2 is 1.94 bits per heavy atom. The van der Waals surface area contributed by atoms with E-state index in [1.54, 1.807) is 7.11 Å². The number of esters is 1. The van der Waals surface area contributed by atoms with Gasteiger partial charge in [-0.2, -0.15) is 0 Å². The van der Waals surface area contributed by atoms with Gasteiger partial charge in [0.2, 0.25) is 5.91 Å². The number of ether oxygens (including phenoxy) is 3. The first-order chi connectivity index (χ1) is 15.0. The van der Waals surface area contributed by atoms with Gasteiger partial charge in [-0.3, -0.25) is 9.59 Å². The van der Waals surface area contributed by atoms with Crippen molar-refractivity contribution in [1.82, 2.24) is 4.90 Å². The average Bonchev–Trinajstić information content (AvgIpc) is 3.46. The molecule has 0 aliphatic carbocycles. The summed E-state index contributed by atoms with van der Waals surface area (Å²) >= 11 is 0. The molecule has 6 heteroatoms. The molecule has 3 aliphatic heterocycles. The highest BCUT2D eigenvalue weighted by Crippen LogP contribution is 2.53. The van der Waals surface area contributed by atoms with Crippen LogP contribution in [0.3, 0.4) is 0 Å². The molecule has 2 fully saturated rings. The summed E-state index contributed by atoms with van der Waals surface area (Å²) in [5, 5.41) is 0. The van der Waals surface area contributed by atoms with Gasteiger partial charge in [0.05, 0.1) is 31.7 Å². The predicted molar refractivity (Wildman–Crippen MR) is 113 cm³/mol. The normalized spacial score (nSPS) is 29.2. The van der Waals surface area contributed by atoms with Crippen LogP contribution in [0, 0.1) is 11.8 Å². The number of hydrogen-bond acceptors (Lipinski definition) is 5. The number of likely N-dealkylation sites (tertiary alicyclic amines) is 1. The maximum absolute atomic E-state index is 13.5. The average molecular weight is 419 g/mol. The zero-order valence-corrected chi connectivity index (χ0v) is 17.6. The number of fused-ring (bicyclic) bond motifs is 1. The maximum atomic E-state index is 13.5. The van der Waals surface area contributed by atoms with Crippen LogP contribution < -0.4 is 4.74 Å². The third kappa shape index (κ3) is 3.22. The lowest BCUT2D eigenvalue weighted by Gasteiger charge is -2.27. The van der Waals surface area contributed by atoms with Gasteiger partial charge < -0.3 is 19.1 Å². The van der Waals surface area contributed by atoms with Crippen molar-refractivity contribution in [2.45, 2.75) is 31.3 Å². The molecule has 0 unspecified atom stereocenters. The fraction of sp³-hybridized carbons (Fsp3) is 0.360. The number of nitrogens with zero attached hydrogens (tertiary/aromatic N) is 1. The standard InChI is InChI=1S/C25H25NO5/c1-16(18-8-10-19(29-2)11-9-18)26-15-25-13-12-20(31-25)21(22(25)23(26)27)24(28)30-14-17-6-4-3-5-7-17/h3-13,16,20-22H,14-15H2,1-2H3/t16-,20+,21-,22+,25-/m0/s1. The molecule has 5 rings (SSSR count). The van der Waals surface area contributed by atoms with Crippen LogP contribution in [-0.4, -0.2) is 42.1 Å². The molecule has 3 aliphatic rings. The molecule has 1 amide bonds. The van der Waals surface area contributed by atoms with Gasteiger partial charge in [0.25, 0.3) is 0 Å². The van der Waals surface area contributed by atoms with Crippen LogP contribution in [-0.2, 0) is 25.7 Å². The second kappa shape index (κ2) is 7.54. The minimum Gasteiger partial charge on any atom is -0.497 e. The minimum atomic E-state index is -0.751. The van der Waals surface area contributed by atoms with Crippen molar-refractivity contribution < 1.29 is 23.8 Å². The third-order valence-electron chi connectivity index (χ3n) is 6.69. The van der Waals surface area contributed by atoms with Crippen molar-refractivity contribution in [3.63, 3.8) is 0 Å². The van der Waals surface area contributed by atoms with E-state index in [4.69, 9.17) is 14.2 Å². The molecule has 0 saturated carbocycles. The second-order valence-electron chi connectivity index (χ2n) is 8.41. The number of methoxy groups -OCH3 is 1. The van der Waals surface area contributed by atoms with Crippen LogP contribution in [0.15, 0.2) is 66.7 Å². The van der Waals surface area contributed by atoms with Crippen LogP contribution in [0.25, 0.3) is 0 Å². The molecule has 2 bridgehead atoms.